The molecule has 0 aromatic heterocycles. The minimum atomic E-state index is 0.627. The van der Waals surface area contributed by atoms with Crippen molar-refractivity contribution >= 4 is 0 Å². The van der Waals surface area contributed by atoms with Gasteiger partial charge < -0.3 is 5.32 Å². The Kier molecular flexibility index (Phi) is 6.17. The van der Waals surface area contributed by atoms with Crippen molar-refractivity contribution in [2.24, 2.45) is 5.92 Å². The van der Waals surface area contributed by atoms with E-state index in [1.165, 1.54) is 18.4 Å². The topological polar surface area (TPSA) is 12.0 Å². The van der Waals surface area contributed by atoms with Crippen LogP contribution in [0.1, 0.15) is 39.2 Å². The van der Waals surface area contributed by atoms with Crippen LogP contribution in [0.4, 0.5) is 0 Å². The molecule has 0 heterocycles. The molecule has 1 heteroatoms. The number of rotatable bonds is 7. The molecule has 1 aromatic carbocycles. The Morgan fingerprint density at radius 3 is 2.12 bits per heavy atom. The highest BCUT2D eigenvalue weighted by Gasteiger charge is 2.17. The smallest absolute Gasteiger partial charge is 0.0135 e. The molecule has 0 radical (unpaired) electrons. The van der Waals surface area contributed by atoms with Crippen molar-refractivity contribution in [2.45, 2.75) is 46.1 Å². The molecular formula is C15H25N. The highest BCUT2D eigenvalue weighted by molar-refractivity contribution is 5.16. The molecule has 1 aromatic rings. The molecule has 1 rings (SSSR count). The van der Waals surface area contributed by atoms with Crippen molar-refractivity contribution < 1.29 is 0 Å². The van der Waals surface area contributed by atoms with Crippen molar-refractivity contribution in [2.75, 3.05) is 6.54 Å². The van der Waals surface area contributed by atoms with Gasteiger partial charge >= 0.3 is 0 Å². The van der Waals surface area contributed by atoms with Crippen molar-refractivity contribution in [3.8, 4) is 0 Å². The average Bonchev–Trinajstić information content (AvgIpc) is 2.32. The molecule has 0 aliphatic heterocycles. The van der Waals surface area contributed by atoms with Gasteiger partial charge in [-0.05, 0) is 24.4 Å². The van der Waals surface area contributed by atoms with E-state index in [9.17, 15) is 0 Å². The first kappa shape index (κ1) is 13.2. The SMILES string of the molecule is CCNC(Cc1ccccc1)C(CC)CC. The first-order chi connectivity index (χ1) is 7.81. The Labute approximate surface area is 100 Å². The predicted octanol–water partition coefficient (Wildman–Crippen LogP) is 3.64. The summed E-state index contributed by atoms with van der Waals surface area (Å²) in [5, 5.41) is 3.63. The molecule has 0 saturated carbocycles. The lowest BCUT2D eigenvalue weighted by atomic mass is 9.89. The Hall–Kier alpha value is -0.820. The lowest BCUT2D eigenvalue weighted by molar-refractivity contribution is 0.337. The van der Waals surface area contributed by atoms with Crippen LogP contribution in [-0.4, -0.2) is 12.6 Å². The van der Waals surface area contributed by atoms with E-state index in [-0.39, 0.29) is 0 Å². The van der Waals surface area contributed by atoms with Gasteiger partial charge in [-0.25, -0.2) is 0 Å². The van der Waals surface area contributed by atoms with E-state index in [2.05, 4.69) is 56.4 Å². The van der Waals surface area contributed by atoms with Crippen molar-refractivity contribution in [1.29, 1.82) is 0 Å². The summed E-state index contributed by atoms with van der Waals surface area (Å²) in [4.78, 5) is 0. The lowest BCUT2D eigenvalue weighted by Crippen LogP contribution is -2.37. The Bertz CT molecular complexity index is 264. The highest BCUT2D eigenvalue weighted by Crippen LogP contribution is 2.17. The van der Waals surface area contributed by atoms with Crippen LogP contribution in [0.25, 0.3) is 0 Å². The zero-order valence-corrected chi connectivity index (χ0v) is 10.9. The second-order valence-corrected chi connectivity index (χ2v) is 4.43. The Balaban J connectivity index is 2.63. The van der Waals surface area contributed by atoms with Crippen LogP contribution >= 0.6 is 0 Å². The average molecular weight is 219 g/mol. The van der Waals surface area contributed by atoms with Gasteiger partial charge in [0.05, 0.1) is 0 Å². The van der Waals surface area contributed by atoms with Crippen molar-refractivity contribution in [3.63, 3.8) is 0 Å². The van der Waals surface area contributed by atoms with Gasteiger partial charge in [-0.2, -0.15) is 0 Å². The summed E-state index contributed by atoms with van der Waals surface area (Å²) < 4.78 is 0. The van der Waals surface area contributed by atoms with E-state index in [0.29, 0.717) is 6.04 Å². The quantitative estimate of drug-likeness (QED) is 0.738. The molecule has 1 unspecified atom stereocenters. The summed E-state index contributed by atoms with van der Waals surface area (Å²) in [6.45, 7) is 7.85. The third-order valence-corrected chi connectivity index (χ3v) is 3.38. The van der Waals surface area contributed by atoms with E-state index >= 15 is 0 Å². The summed E-state index contributed by atoms with van der Waals surface area (Å²) in [7, 11) is 0. The van der Waals surface area contributed by atoms with Gasteiger partial charge in [0, 0.05) is 6.04 Å². The fraction of sp³-hybridized carbons (Fsp3) is 0.600. The third kappa shape index (κ3) is 3.97. The van der Waals surface area contributed by atoms with Gasteiger partial charge in [-0.3, -0.25) is 0 Å². The van der Waals surface area contributed by atoms with Crippen LogP contribution in [0, 0.1) is 5.92 Å². The summed E-state index contributed by atoms with van der Waals surface area (Å²) in [5.41, 5.74) is 1.44. The molecule has 0 aliphatic carbocycles. The molecule has 0 spiro atoms. The van der Waals surface area contributed by atoms with E-state index in [1.807, 2.05) is 0 Å². The highest BCUT2D eigenvalue weighted by atomic mass is 14.9. The zero-order chi connectivity index (χ0) is 11.8. The van der Waals surface area contributed by atoms with Gasteiger partial charge in [-0.1, -0.05) is 63.9 Å². The molecule has 0 aliphatic rings. The molecule has 0 bridgehead atoms. The lowest BCUT2D eigenvalue weighted by Gasteiger charge is -2.26. The molecule has 1 N–H and O–H groups in total. The van der Waals surface area contributed by atoms with Crippen LogP contribution in [0.5, 0.6) is 0 Å². The van der Waals surface area contributed by atoms with Crippen LogP contribution in [-0.2, 0) is 6.42 Å². The van der Waals surface area contributed by atoms with E-state index in [4.69, 9.17) is 0 Å². The third-order valence-electron chi connectivity index (χ3n) is 3.38. The first-order valence-electron chi connectivity index (χ1n) is 6.59. The minimum Gasteiger partial charge on any atom is -0.314 e. The largest absolute Gasteiger partial charge is 0.314 e. The standard InChI is InChI=1S/C15H25N/c1-4-14(5-2)15(16-6-3)12-13-10-8-7-9-11-13/h7-11,14-16H,4-6,12H2,1-3H3. The second-order valence-electron chi connectivity index (χ2n) is 4.43. The zero-order valence-electron chi connectivity index (χ0n) is 10.9. The van der Waals surface area contributed by atoms with E-state index in [1.54, 1.807) is 0 Å². The molecule has 90 valence electrons. The maximum atomic E-state index is 3.63. The normalized spacial score (nSPS) is 13.0. The number of likely N-dealkylation sites (N-methyl/N-ethyl adjacent to an activating group) is 1. The van der Waals surface area contributed by atoms with Crippen LogP contribution in [0.2, 0.25) is 0 Å². The van der Waals surface area contributed by atoms with Crippen LogP contribution in [0.3, 0.4) is 0 Å². The van der Waals surface area contributed by atoms with Crippen LogP contribution in [0.15, 0.2) is 30.3 Å². The summed E-state index contributed by atoms with van der Waals surface area (Å²) in [5.74, 6) is 0.792. The summed E-state index contributed by atoms with van der Waals surface area (Å²) >= 11 is 0. The molecule has 1 atom stereocenters. The number of hydrogen-bond acceptors (Lipinski definition) is 1. The van der Waals surface area contributed by atoms with Gasteiger partial charge in [-0.15, -0.1) is 0 Å². The number of benzene rings is 1. The maximum absolute atomic E-state index is 3.63. The van der Waals surface area contributed by atoms with Gasteiger partial charge in [0.2, 0.25) is 0 Å². The molecule has 0 saturated heterocycles. The van der Waals surface area contributed by atoms with E-state index in [0.717, 1.165) is 18.9 Å². The minimum absolute atomic E-state index is 0.627. The number of nitrogens with one attached hydrogen (secondary N) is 1. The van der Waals surface area contributed by atoms with Gasteiger partial charge in [0.15, 0.2) is 0 Å². The summed E-state index contributed by atoms with van der Waals surface area (Å²) in [6, 6.07) is 11.4. The van der Waals surface area contributed by atoms with Gasteiger partial charge in [0.25, 0.3) is 0 Å². The van der Waals surface area contributed by atoms with Crippen LogP contribution < -0.4 is 5.32 Å². The fourth-order valence-corrected chi connectivity index (χ4v) is 2.39. The van der Waals surface area contributed by atoms with Crippen molar-refractivity contribution in [3.05, 3.63) is 35.9 Å². The maximum Gasteiger partial charge on any atom is 0.0135 e. The van der Waals surface area contributed by atoms with E-state index < -0.39 is 0 Å². The molecular weight excluding hydrogens is 194 g/mol. The first-order valence-corrected chi connectivity index (χ1v) is 6.59. The van der Waals surface area contributed by atoms with Crippen molar-refractivity contribution in [1.82, 2.24) is 5.32 Å². The molecule has 16 heavy (non-hydrogen) atoms. The molecule has 0 amide bonds. The Morgan fingerprint density at radius 2 is 1.62 bits per heavy atom. The number of hydrogen-bond donors (Lipinski definition) is 1. The predicted molar refractivity (Wildman–Crippen MR) is 71.7 cm³/mol. The molecule has 0 fully saturated rings. The molecule has 1 nitrogen and oxygen atoms in total. The fourth-order valence-electron chi connectivity index (χ4n) is 2.39. The second kappa shape index (κ2) is 7.45. The monoisotopic (exact) mass is 219 g/mol. The summed E-state index contributed by atoms with van der Waals surface area (Å²) in [6.07, 6.45) is 3.68. The van der Waals surface area contributed by atoms with Gasteiger partial charge in [0.1, 0.15) is 0 Å². The Morgan fingerprint density at radius 1 is 1.00 bits per heavy atom.